The van der Waals surface area contributed by atoms with Crippen molar-refractivity contribution in [3.05, 3.63) is 58.6 Å². The van der Waals surface area contributed by atoms with Gasteiger partial charge < -0.3 is 24.3 Å². The van der Waals surface area contributed by atoms with Gasteiger partial charge in [0.15, 0.2) is 10.9 Å². The average Bonchev–Trinajstić information content (AvgIpc) is 2.89. The van der Waals surface area contributed by atoms with Crippen molar-refractivity contribution >= 4 is 60.7 Å². The number of ether oxygens (including phenoxy) is 4. The van der Waals surface area contributed by atoms with E-state index in [1.54, 1.807) is 25.3 Å². The molecule has 1 aromatic heterocycles. The van der Waals surface area contributed by atoms with Crippen LogP contribution in [0.3, 0.4) is 0 Å². The number of carbonyl (C=O) groups excluding carboxylic acids is 1. The lowest BCUT2D eigenvalue weighted by Crippen LogP contribution is -2.34. The number of rotatable bonds is 11. The van der Waals surface area contributed by atoms with E-state index in [1.165, 1.54) is 44.6 Å². The van der Waals surface area contributed by atoms with Crippen molar-refractivity contribution in [3.8, 4) is 17.6 Å². The fourth-order valence-electron chi connectivity index (χ4n) is 2.94. The van der Waals surface area contributed by atoms with E-state index < -0.39 is 15.9 Å². The number of carbonyl (C=O) groups is 1. The Morgan fingerprint density at radius 2 is 1.74 bits per heavy atom. The predicted molar refractivity (Wildman–Crippen MR) is 148 cm³/mol. The first-order valence-corrected chi connectivity index (χ1v) is 13.5. The molecule has 0 aliphatic rings. The molecule has 0 radical (unpaired) electrons. The van der Waals surface area contributed by atoms with E-state index in [2.05, 4.69) is 41.3 Å². The van der Waals surface area contributed by atoms with Crippen molar-refractivity contribution < 1.29 is 32.2 Å². The number of nitrogens with one attached hydrogen (secondary N) is 3. The van der Waals surface area contributed by atoms with Gasteiger partial charge in [0, 0.05) is 23.3 Å². The highest BCUT2D eigenvalue weighted by atomic mass is 79.9. The van der Waals surface area contributed by atoms with Gasteiger partial charge in [0.25, 0.3) is 15.9 Å². The Bertz CT molecular complexity index is 1380. The number of benzene rings is 2. The molecule has 0 saturated heterocycles. The second-order valence-corrected chi connectivity index (χ2v) is 10.3. The molecule has 0 spiro atoms. The minimum atomic E-state index is -3.99. The van der Waals surface area contributed by atoms with Crippen LogP contribution in [0.15, 0.2) is 57.9 Å². The van der Waals surface area contributed by atoms with Crippen molar-refractivity contribution in [1.82, 2.24) is 15.3 Å². The monoisotopic (exact) mass is 625 g/mol. The standard InChI is InChI=1S/C23H24BrN5O7S2/c1-33-10-11-36-18-9-4-14(24)12-17(18)21(30)28-23(37)25-15-5-7-16(8-6-15)38(31,32)29-19-13-20(34-2)27-22(26-19)35-3/h4-9,12-13H,10-11H2,1-3H3,(H,26,27,29)(H2,25,28,30,37). The van der Waals surface area contributed by atoms with E-state index in [0.717, 1.165) is 0 Å². The number of hydrogen-bond acceptors (Lipinski definition) is 10. The maximum absolute atomic E-state index is 12.8. The van der Waals surface area contributed by atoms with Crippen molar-refractivity contribution in [3.63, 3.8) is 0 Å². The first-order valence-electron chi connectivity index (χ1n) is 10.8. The Balaban J connectivity index is 1.66. The van der Waals surface area contributed by atoms with E-state index in [1.807, 2.05) is 0 Å². The van der Waals surface area contributed by atoms with E-state index in [9.17, 15) is 13.2 Å². The first kappa shape index (κ1) is 29.0. The number of anilines is 2. The number of hydrogen-bond donors (Lipinski definition) is 3. The van der Waals surface area contributed by atoms with Gasteiger partial charge in [-0.3, -0.25) is 14.8 Å². The Kier molecular flexibility index (Phi) is 10.2. The van der Waals surface area contributed by atoms with E-state index in [4.69, 9.17) is 31.2 Å². The molecule has 0 aliphatic carbocycles. The number of aromatic nitrogens is 2. The average molecular weight is 627 g/mol. The molecule has 38 heavy (non-hydrogen) atoms. The van der Waals surface area contributed by atoms with Crippen LogP contribution in [0.1, 0.15) is 10.4 Å². The Morgan fingerprint density at radius 3 is 2.39 bits per heavy atom. The summed E-state index contributed by atoms with van der Waals surface area (Å²) in [5, 5.41) is 5.43. The molecule has 12 nitrogen and oxygen atoms in total. The highest BCUT2D eigenvalue weighted by Gasteiger charge is 2.18. The van der Waals surface area contributed by atoms with Crippen LogP contribution in [0.25, 0.3) is 0 Å². The quantitative estimate of drug-likeness (QED) is 0.213. The fraction of sp³-hybridized carbons (Fsp3) is 0.217. The van der Waals surface area contributed by atoms with Crippen LogP contribution < -0.4 is 29.6 Å². The van der Waals surface area contributed by atoms with E-state index in [-0.39, 0.29) is 39.9 Å². The van der Waals surface area contributed by atoms with Gasteiger partial charge in [0.1, 0.15) is 12.4 Å². The molecule has 3 rings (SSSR count). The van der Waals surface area contributed by atoms with Crippen molar-refractivity contribution in [2.75, 3.05) is 44.6 Å². The highest BCUT2D eigenvalue weighted by Crippen LogP contribution is 2.24. The third-order valence-corrected chi connectivity index (χ3v) is 6.76. The van der Waals surface area contributed by atoms with Gasteiger partial charge >= 0.3 is 6.01 Å². The maximum Gasteiger partial charge on any atom is 0.321 e. The summed E-state index contributed by atoms with van der Waals surface area (Å²) in [4.78, 5) is 20.7. The number of thiocarbonyl (C=S) groups is 1. The summed E-state index contributed by atoms with van der Waals surface area (Å²) < 4.78 is 49.2. The Hall–Kier alpha value is -3.53. The molecule has 0 aliphatic heterocycles. The van der Waals surface area contributed by atoms with Gasteiger partial charge in [-0.1, -0.05) is 15.9 Å². The van der Waals surface area contributed by atoms with Gasteiger partial charge in [-0.15, -0.1) is 0 Å². The summed E-state index contributed by atoms with van der Waals surface area (Å²) >= 11 is 8.59. The van der Waals surface area contributed by atoms with Crippen LogP contribution in [-0.4, -0.2) is 63.9 Å². The van der Waals surface area contributed by atoms with Gasteiger partial charge in [0.05, 0.1) is 31.3 Å². The topological polar surface area (TPSA) is 150 Å². The number of nitrogens with zero attached hydrogens (tertiary/aromatic N) is 2. The molecule has 1 heterocycles. The summed E-state index contributed by atoms with van der Waals surface area (Å²) in [6.07, 6.45) is 0. The Labute approximate surface area is 233 Å². The maximum atomic E-state index is 12.8. The van der Waals surface area contributed by atoms with Crippen molar-refractivity contribution in [2.24, 2.45) is 0 Å². The highest BCUT2D eigenvalue weighted by molar-refractivity contribution is 9.10. The molecule has 0 fully saturated rings. The molecular formula is C23H24BrN5O7S2. The molecule has 2 aromatic carbocycles. The molecule has 1 amide bonds. The molecule has 0 saturated carbocycles. The third kappa shape index (κ3) is 7.98. The lowest BCUT2D eigenvalue weighted by molar-refractivity contribution is 0.0969. The van der Waals surface area contributed by atoms with Crippen LogP contribution in [0, 0.1) is 0 Å². The van der Waals surface area contributed by atoms with Crippen molar-refractivity contribution in [2.45, 2.75) is 4.90 Å². The summed E-state index contributed by atoms with van der Waals surface area (Å²) in [6.45, 7) is 0.628. The number of halogens is 1. The number of sulfonamides is 1. The Morgan fingerprint density at radius 1 is 1.00 bits per heavy atom. The second-order valence-electron chi connectivity index (χ2n) is 7.30. The fourth-order valence-corrected chi connectivity index (χ4v) is 4.50. The minimum absolute atomic E-state index is 0.00623. The summed E-state index contributed by atoms with van der Waals surface area (Å²) in [5.41, 5.74) is 0.718. The minimum Gasteiger partial charge on any atom is -0.490 e. The normalized spacial score (nSPS) is 10.8. The first-order chi connectivity index (χ1) is 18.1. The molecule has 0 atom stereocenters. The smallest absolute Gasteiger partial charge is 0.321 e. The summed E-state index contributed by atoms with van der Waals surface area (Å²) in [6, 6.07) is 12.0. The lowest BCUT2D eigenvalue weighted by Gasteiger charge is -2.14. The van der Waals surface area contributed by atoms with Gasteiger partial charge in [-0.25, -0.2) is 8.42 Å². The van der Waals surface area contributed by atoms with Crippen LogP contribution >= 0.6 is 28.1 Å². The molecule has 15 heteroatoms. The summed E-state index contributed by atoms with van der Waals surface area (Å²) in [7, 11) is 0.288. The summed E-state index contributed by atoms with van der Waals surface area (Å²) in [5.74, 6) is -0.0269. The number of amides is 1. The van der Waals surface area contributed by atoms with Crippen LogP contribution in [0.5, 0.6) is 17.6 Å². The SMILES string of the molecule is COCCOc1ccc(Br)cc1C(=O)NC(=S)Nc1ccc(S(=O)(=O)Nc2cc(OC)nc(OC)n2)cc1. The molecular weight excluding hydrogens is 602 g/mol. The molecule has 0 bridgehead atoms. The van der Waals surface area contributed by atoms with Crippen molar-refractivity contribution in [1.29, 1.82) is 0 Å². The largest absolute Gasteiger partial charge is 0.490 e. The van der Waals surface area contributed by atoms with E-state index in [0.29, 0.717) is 22.5 Å². The van der Waals surface area contributed by atoms with Crippen LogP contribution in [-0.2, 0) is 14.8 Å². The van der Waals surface area contributed by atoms with Gasteiger partial charge in [-0.05, 0) is 54.7 Å². The number of methoxy groups -OCH3 is 3. The lowest BCUT2D eigenvalue weighted by atomic mass is 10.2. The molecule has 0 unspecified atom stereocenters. The van der Waals surface area contributed by atoms with Gasteiger partial charge in [0.2, 0.25) is 5.88 Å². The third-order valence-electron chi connectivity index (χ3n) is 4.69. The second kappa shape index (κ2) is 13.3. The molecule has 202 valence electrons. The zero-order chi connectivity index (χ0) is 27.7. The van der Waals surface area contributed by atoms with Gasteiger partial charge in [-0.2, -0.15) is 9.97 Å². The van der Waals surface area contributed by atoms with E-state index >= 15 is 0 Å². The van der Waals surface area contributed by atoms with Crippen LogP contribution in [0.2, 0.25) is 0 Å². The zero-order valence-corrected chi connectivity index (χ0v) is 23.7. The molecule has 3 N–H and O–H groups in total. The zero-order valence-electron chi connectivity index (χ0n) is 20.5. The van der Waals surface area contributed by atoms with Crippen LogP contribution in [0.4, 0.5) is 11.5 Å². The molecule has 3 aromatic rings. The predicted octanol–water partition coefficient (Wildman–Crippen LogP) is 3.21.